The second kappa shape index (κ2) is 8.13. The number of aliphatic hydroxyl groups excluding tert-OH is 1. The first-order chi connectivity index (χ1) is 8.27. The van der Waals surface area contributed by atoms with Gasteiger partial charge in [-0.25, -0.2) is 0 Å². The quantitative estimate of drug-likeness (QED) is 0.698. The maximum Gasteiger partial charge on any atom is 0.0431 e. The fourth-order valence-corrected chi connectivity index (χ4v) is 2.06. The van der Waals surface area contributed by atoms with Gasteiger partial charge in [-0.15, -0.1) is 0 Å². The number of aliphatic hydroxyl groups is 1. The molecule has 0 saturated carbocycles. The minimum atomic E-state index is 0.329. The number of hydrogen-bond acceptors (Lipinski definition) is 2. The number of benzene rings is 1. The van der Waals surface area contributed by atoms with Gasteiger partial charge in [-0.2, -0.15) is 0 Å². The van der Waals surface area contributed by atoms with Crippen LogP contribution in [0.5, 0.6) is 0 Å². The van der Waals surface area contributed by atoms with Crippen LogP contribution in [0.4, 0.5) is 5.69 Å². The first-order valence-electron chi connectivity index (χ1n) is 6.70. The number of aryl methyl sites for hydroxylation is 1. The number of nitrogens with zero attached hydrogens (tertiary/aromatic N) is 1. The van der Waals surface area contributed by atoms with Crippen molar-refractivity contribution in [3.05, 3.63) is 29.8 Å². The third-order valence-electron chi connectivity index (χ3n) is 3.08. The Bertz CT molecular complexity index is 312. The van der Waals surface area contributed by atoms with Gasteiger partial charge >= 0.3 is 0 Å². The molecule has 0 aliphatic carbocycles. The Hall–Kier alpha value is -1.02. The fourth-order valence-electron chi connectivity index (χ4n) is 2.06. The molecule has 0 bridgehead atoms. The summed E-state index contributed by atoms with van der Waals surface area (Å²) in [7, 11) is 0. The van der Waals surface area contributed by atoms with Crippen LogP contribution < -0.4 is 4.90 Å². The highest BCUT2D eigenvalue weighted by atomic mass is 16.2. The number of hydrogen-bond donors (Lipinski definition) is 1. The molecule has 0 amide bonds. The Morgan fingerprint density at radius 2 is 1.88 bits per heavy atom. The minimum Gasteiger partial charge on any atom is -0.396 e. The van der Waals surface area contributed by atoms with Crippen molar-refractivity contribution in [1.82, 2.24) is 0 Å². The van der Waals surface area contributed by atoms with E-state index in [1.807, 2.05) is 0 Å². The lowest BCUT2D eigenvalue weighted by molar-refractivity contribution is 0.282. The van der Waals surface area contributed by atoms with E-state index in [1.165, 1.54) is 24.1 Å². The summed E-state index contributed by atoms with van der Waals surface area (Å²) in [6, 6.07) is 8.69. The number of unbranched alkanes of at least 4 members (excludes halogenated alkanes) is 3. The van der Waals surface area contributed by atoms with Crippen LogP contribution in [-0.4, -0.2) is 24.8 Å². The van der Waals surface area contributed by atoms with Gasteiger partial charge in [0.25, 0.3) is 0 Å². The molecule has 0 aliphatic rings. The van der Waals surface area contributed by atoms with Gasteiger partial charge in [0, 0.05) is 25.4 Å². The van der Waals surface area contributed by atoms with Gasteiger partial charge in [-0.1, -0.05) is 25.0 Å². The molecular weight excluding hydrogens is 210 g/mol. The summed E-state index contributed by atoms with van der Waals surface area (Å²) in [5, 5.41) is 8.72. The predicted molar refractivity (Wildman–Crippen MR) is 74.6 cm³/mol. The Labute approximate surface area is 105 Å². The molecule has 0 atom stereocenters. The average Bonchev–Trinajstić information content (AvgIpc) is 2.34. The van der Waals surface area contributed by atoms with Crippen LogP contribution in [0.1, 0.15) is 38.2 Å². The van der Waals surface area contributed by atoms with Crippen molar-refractivity contribution in [3.63, 3.8) is 0 Å². The topological polar surface area (TPSA) is 23.5 Å². The summed E-state index contributed by atoms with van der Waals surface area (Å²) in [6.45, 7) is 6.85. The zero-order chi connectivity index (χ0) is 12.5. The molecular formula is C15H25NO. The molecule has 0 heterocycles. The second-order valence-electron chi connectivity index (χ2n) is 4.56. The molecule has 0 aromatic heterocycles. The largest absolute Gasteiger partial charge is 0.396 e. The summed E-state index contributed by atoms with van der Waals surface area (Å²) in [6.07, 6.45) is 4.50. The lowest BCUT2D eigenvalue weighted by Gasteiger charge is -2.23. The van der Waals surface area contributed by atoms with E-state index in [9.17, 15) is 0 Å². The molecule has 0 unspecified atom stereocenters. The summed E-state index contributed by atoms with van der Waals surface area (Å²) >= 11 is 0. The Morgan fingerprint density at radius 1 is 1.12 bits per heavy atom. The van der Waals surface area contributed by atoms with Crippen LogP contribution >= 0.6 is 0 Å². The third kappa shape index (κ3) is 5.22. The maximum absolute atomic E-state index is 8.72. The molecule has 1 N–H and O–H groups in total. The Kier molecular flexibility index (Phi) is 6.71. The van der Waals surface area contributed by atoms with Gasteiger partial charge in [0.05, 0.1) is 0 Å². The lowest BCUT2D eigenvalue weighted by atomic mass is 10.1. The third-order valence-corrected chi connectivity index (χ3v) is 3.08. The van der Waals surface area contributed by atoms with Gasteiger partial charge in [0.15, 0.2) is 0 Å². The fraction of sp³-hybridized carbons (Fsp3) is 0.600. The van der Waals surface area contributed by atoms with E-state index in [4.69, 9.17) is 5.11 Å². The van der Waals surface area contributed by atoms with Crippen molar-refractivity contribution in [3.8, 4) is 0 Å². The summed E-state index contributed by atoms with van der Waals surface area (Å²) < 4.78 is 0. The van der Waals surface area contributed by atoms with Crippen LogP contribution in [0.3, 0.4) is 0 Å². The Morgan fingerprint density at radius 3 is 2.53 bits per heavy atom. The van der Waals surface area contributed by atoms with E-state index in [2.05, 4.69) is 43.0 Å². The first kappa shape index (κ1) is 14.0. The molecule has 0 fully saturated rings. The van der Waals surface area contributed by atoms with Crippen molar-refractivity contribution in [2.45, 2.75) is 39.5 Å². The van der Waals surface area contributed by atoms with Gasteiger partial charge in [0.1, 0.15) is 0 Å². The van der Waals surface area contributed by atoms with Crippen LogP contribution in [-0.2, 0) is 0 Å². The second-order valence-corrected chi connectivity index (χ2v) is 4.56. The Balaban J connectivity index is 2.38. The summed E-state index contributed by atoms with van der Waals surface area (Å²) in [4.78, 5) is 2.42. The first-order valence-corrected chi connectivity index (χ1v) is 6.70. The van der Waals surface area contributed by atoms with E-state index in [0.717, 1.165) is 25.9 Å². The van der Waals surface area contributed by atoms with Crippen LogP contribution in [0.25, 0.3) is 0 Å². The van der Waals surface area contributed by atoms with E-state index < -0.39 is 0 Å². The van der Waals surface area contributed by atoms with E-state index in [-0.39, 0.29) is 0 Å². The molecule has 0 saturated heterocycles. The van der Waals surface area contributed by atoms with Gasteiger partial charge in [0.2, 0.25) is 0 Å². The van der Waals surface area contributed by atoms with Gasteiger partial charge in [-0.05, 0) is 44.4 Å². The minimum absolute atomic E-state index is 0.329. The molecule has 96 valence electrons. The van der Waals surface area contributed by atoms with E-state index in [1.54, 1.807) is 0 Å². The molecule has 1 aromatic rings. The molecule has 0 aliphatic heterocycles. The zero-order valence-corrected chi connectivity index (χ0v) is 11.2. The molecule has 1 aromatic carbocycles. The van der Waals surface area contributed by atoms with Gasteiger partial charge in [-0.3, -0.25) is 0 Å². The van der Waals surface area contributed by atoms with E-state index >= 15 is 0 Å². The van der Waals surface area contributed by atoms with Crippen molar-refractivity contribution in [2.75, 3.05) is 24.6 Å². The number of rotatable bonds is 8. The molecule has 0 radical (unpaired) electrons. The van der Waals surface area contributed by atoms with Crippen LogP contribution in [0.2, 0.25) is 0 Å². The van der Waals surface area contributed by atoms with Crippen molar-refractivity contribution >= 4 is 5.69 Å². The van der Waals surface area contributed by atoms with Crippen molar-refractivity contribution < 1.29 is 5.11 Å². The summed E-state index contributed by atoms with van der Waals surface area (Å²) in [5.41, 5.74) is 2.65. The molecule has 0 spiro atoms. The zero-order valence-electron chi connectivity index (χ0n) is 11.2. The van der Waals surface area contributed by atoms with E-state index in [0.29, 0.717) is 6.61 Å². The van der Waals surface area contributed by atoms with Gasteiger partial charge < -0.3 is 10.0 Å². The van der Waals surface area contributed by atoms with Crippen molar-refractivity contribution in [1.29, 1.82) is 0 Å². The molecule has 1 rings (SSSR count). The van der Waals surface area contributed by atoms with Crippen LogP contribution in [0.15, 0.2) is 24.3 Å². The molecule has 2 heteroatoms. The molecule has 2 nitrogen and oxygen atoms in total. The highest BCUT2D eigenvalue weighted by molar-refractivity contribution is 5.48. The molecule has 17 heavy (non-hydrogen) atoms. The van der Waals surface area contributed by atoms with Crippen molar-refractivity contribution in [2.24, 2.45) is 0 Å². The maximum atomic E-state index is 8.72. The normalized spacial score (nSPS) is 10.5. The highest BCUT2D eigenvalue weighted by Crippen LogP contribution is 2.16. The monoisotopic (exact) mass is 235 g/mol. The smallest absolute Gasteiger partial charge is 0.0431 e. The standard InChI is InChI=1S/C15H25NO/c1-3-16(11-6-4-5-7-12-17)15-10-8-9-14(2)13-15/h8-10,13,17H,3-7,11-12H2,1-2H3. The summed E-state index contributed by atoms with van der Waals surface area (Å²) in [5.74, 6) is 0. The van der Waals surface area contributed by atoms with Crippen LogP contribution in [0, 0.1) is 6.92 Å². The number of anilines is 1. The lowest BCUT2D eigenvalue weighted by Crippen LogP contribution is -2.23. The highest BCUT2D eigenvalue weighted by Gasteiger charge is 2.03. The average molecular weight is 235 g/mol. The SMILES string of the molecule is CCN(CCCCCCO)c1cccc(C)c1. The predicted octanol–water partition coefficient (Wildman–Crippen LogP) is 3.37.